The van der Waals surface area contributed by atoms with Crippen LogP contribution in [0.3, 0.4) is 0 Å². The quantitative estimate of drug-likeness (QED) is 0.482. The minimum atomic E-state index is -0.346. The molecule has 2 aromatic heterocycles. The Morgan fingerprint density at radius 2 is 2.27 bits per heavy atom. The van der Waals surface area contributed by atoms with Crippen molar-refractivity contribution in [3.63, 3.8) is 0 Å². The normalized spacial score (nSPS) is 16.3. The maximum absolute atomic E-state index is 12.5. The summed E-state index contributed by atoms with van der Waals surface area (Å²) in [6, 6.07) is 5.06. The summed E-state index contributed by atoms with van der Waals surface area (Å²) in [4.78, 5) is 20.6. The molecule has 0 bridgehead atoms. The highest BCUT2D eigenvalue weighted by Crippen LogP contribution is 2.16. The first-order valence-electron chi connectivity index (χ1n) is 9.77. The fourth-order valence-electron chi connectivity index (χ4n) is 2.88. The number of hydrazone groups is 1. The number of carbonyl (C=O) groups excluding carboxylic acids is 1. The molecule has 0 spiro atoms. The van der Waals surface area contributed by atoms with Crippen LogP contribution in [0.4, 0.5) is 11.5 Å². The maximum Gasteiger partial charge on any atom is 0.259 e. The van der Waals surface area contributed by atoms with Gasteiger partial charge in [-0.05, 0) is 49.1 Å². The van der Waals surface area contributed by atoms with Gasteiger partial charge in [-0.3, -0.25) is 14.8 Å². The molecule has 9 heteroatoms. The zero-order valence-electron chi connectivity index (χ0n) is 16.7. The first kappa shape index (κ1) is 21.4. The van der Waals surface area contributed by atoms with Crippen molar-refractivity contribution in [2.75, 3.05) is 30.8 Å². The highest BCUT2D eigenvalue weighted by molar-refractivity contribution is 6.07. The van der Waals surface area contributed by atoms with Gasteiger partial charge in [-0.25, -0.2) is 4.98 Å². The van der Waals surface area contributed by atoms with Crippen molar-refractivity contribution < 1.29 is 14.3 Å². The predicted octanol–water partition coefficient (Wildman–Crippen LogP) is 2.74. The van der Waals surface area contributed by atoms with E-state index in [0.29, 0.717) is 24.4 Å². The van der Waals surface area contributed by atoms with Crippen LogP contribution in [-0.4, -0.2) is 53.7 Å². The van der Waals surface area contributed by atoms with E-state index in [1.54, 1.807) is 54.1 Å². The summed E-state index contributed by atoms with van der Waals surface area (Å²) in [5.74, 6) is -0.195. The van der Waals surface area contributed by atoms with Gasteiger partial charge in [-0.1, -0.05) is 0 Å². The molecule has 1 atom stereocenters. The molecule has 1 saturated heterocycles. The molecular weight excluding hydrogens is 384 g/mol. The first-order chi connectivity index (χ1) is 14.7. The molecule has 3 rings (SSSR count). The van der Waals surface area contributed by atoms with Gasteiger partial charge in [0.15, 0.2) is 6.29 Å². The van der Waals surface area contributed by atoms with Gasteiger partial charge in [-0.2, -0.15) is 5.10 Å². The number of nitrogen functional groups attached to an aromatic ring is 1. The molecule has 158 valence electrons. The van der Waals surface area contributed by atoms with Gasteiger partial charge >= 0.3 is 0 Å². The van der Waals surface area contributed by atoms with E-state index in [-0.39, 0.29) is 23.6 Å². The summed E-state index contributed by atoms with van der Waals surface area (Å²) < 4.78 is 11.3. The lowest BCUT2D eigenvalue weighted by molar-refractivity contribution is -0.163. The van der Waals surface area contributed by atoms with Crippen LogP contribution in [0.25, 0.3) is 6.08 Å². The third kappa shape index (κ3) is 6.36. The second-order valence-corrected chi connectivity index (χ2v) is 6.68. The molecular formula is C21H26N6O3. The number of nitrogens with two attached hydrogens (primary N) is 1. The van der Waals surface area contributed by atoms with E-state index in [4.69, 9.17) is 15.2 Å². The molecule has 0 radical (unpaired) electrons. The Balaban J connectivity index is 1.57. The Kier molecular flexibility index (Phi) is 7.87. The van der Waals surface area contributed by atoms with Gasteiger partial charge in [0.2, 0.25) is 0 Å². The van der Waals surface area contributed by atoms with Crippen molar-refractivity contribution in [1.29, 1.82) is 0 Å². The molecule has 3 heterocycles. The average molecular weight is 410 g/mol. The number of hydrogen-bond donors (Lipinski definition) is 2. The molecule has 2 aromatic rings. The molecule has 3 N–H and O–H groups in total. The Morgan fingerprint density at radius 3 is 3.00 bits per heavy atom. The van der Waals surface area contributed by atoms with Crippen molar-refractivity contribution in [2.24, 2.45) is 5.10 Å². The summed E-state index contributed by atoms with van der Waals surface area (Å²) in [6.07, 6.45) is 11.3. The van der Waals surface area contributed by atoms with Crippen LogP contribution in [0, 0.1) is 0 Å². The zero-order chi connectivity index (χ0) is 21.2. The Hall–Kier alpha value is -3.30. The largest absolute Gasteiger partial charge is 0.383 e. The SMILES string of the molecule is C=NN(/C=C/c1cnc(N)c(C(=O)Nc2ccncc2)c1)CCOC1CCCCO1. The molecule has 1 unspecified atom stereocenters. The number of hydrogen-bond acceptors (Lipinski definition) is 8. The fourth-order valence-corrected chi connectivity index (χ4v) is 2.88. The van der Waals surface area contributed by atoms with Crippen LogP contribution in [0.15, 0.2) is 48.1 Å². The molecule has 0 aromatic carbocycles. The molecule has 9 nitrogen and oxygen atoms in total. The Labute approximate surface area is 175 Å². The Bertz CT molecular complexity index is 868. The second-order valence-electron chi connectivity index (χ2n) is 6.68. The first-order valence-corrected chi connectivity index (χ1v) is 9.77. The van der Waals surface area contributed by atoms with Gasteiger partial charge in [0.1, 0.15) is 5.82 Å². The van der Waals surface area contributed by atoms with Crippen molar-refractivity contribution in [1.82, 2.24) is 15.0 Å². The number of anilines is 2. The van der Waals surface area contributed by atoms with E-state index in [1.807, 2.05) is 0 Å². The zero-order valence-corrected chi connectivity index (χ0v) is 16.7. The van der Waals surface area contributed by atoms with Crippen LogP contribution in [0.5, 0.6) is 0 Å². The fraction of sp³-hybridized carbons (Fsp3) is 0.333. The Morgan fingerprint density at radius 1 is 1.43 bits per heavy atom. The summed E-state index contributed by atoms with van der Waals surface area (Å²) in [5, 5.41) is 8.38. The lowest BCUT2D eigenvalue weighted by Crippen LogP contribution is -2.26. The average Bonchev–Trinajstić information content (AvgIpc) is 2.78. The number of amides is 1. The van der Waals surface area contributed by atoms with Crippen molar-refractivity contribution >= 4 is 30.2 Å². The van der Waals surface area contributed by atoms with Gasteiger partial charge in [0.25, 0.3) is 5.91 Å². The monoisotopic (exact) mass is 410 g/mol. The summed E-state index contributed by atoms with van der Waals surface area (Å²) in [6.45, 7) is 5.32. The maximum atomic E-state index is 12.5. The van der Waals surface area contributed by atoms with Crippen molar-refractivity contribution in [3.05, 3.63) is 54.1 Å². The lowest BCUT2D eigenvalue weighted by Gasteiger charge is -2.23. The van der Waals surface area contributed by atoms with E-state index >= 15 is 0 Å². The molecule has 0 aliphatic carbocycles. The molecule has 1 aliphatic rings. The predicted molar refractivity (Wildman–Crippen MR) is 116 cm³/mol. The minimum absolute atomic E-state index is 0.142. The van der Waals surface area contributed by atoms with E-state index in [2.05, 4.69) is 27.1 Å². The topological polar surface area (TPSA) is 115 Å². The van der Waals surface area contributed by atoms with Gasteiger partial charge in [0.05, 0.1) is 18.7 Å². The molecule has 1 fully saturated rings. The van der Waals surface area contributed by atoms with E-state index in [1.165, 1.54) is 0 Å². The lowest BCUT2D eigenvalue weighted by atomic mass is 10.1. The van der Waals surface area contributed by atoms with Gasteiger partial charge in [-0.15, -0.1) is 0 Å². The third-order valence-corrected chi connectivity index (χ3v) is 4.51. The second kappa shape index (κ2) is 11.0. The number of nitrogens with one attached hydrogen (secondary N) is 1. The molecule has 1 amide bonds. The van der Waals surface area contributed by atoms with Crippen molar-refractivity contribution in [2.45, 2.75) is 25.6 Å². The van der Waals surface area contributed by atoms with Crippen LogP contribution in [-0.2, 0) is 9.47 Å². The smallest absolute Gasteiger partial charge is 0.259 e. The number of rotatable bonds is 9. The van der Waals surface area contributed by atoms with Crippen LogP contribution < -0.4 is 11.1 Å². The van der Waals surface area contributed by atoms with Gasteiger partial charge in [0, 0.05) is 43.8 Å². The number of pyridine rings is 2. The number of aromatic nitrogens is 2. The van der Waals surface area contributed by atoms with E-state index in [0.717, 1.165) is 25.9 Å². The minimum Gasteiger partial charge on any atom is -0.383 e. The number of ether oxygens (including phenoxy) is 2. The highest BCUT2D eigenvalue weighted by atomic mass is 16.7. The molecule has 30 heavy (non-hydrogen) atoms. The highest BCUT2D eigenvalue weighted by Gasteiger charge is 2.14. The van der Waals surface area contributed by atoms with Crippen molar-refractivity contribution in [3.8, 4) is 0 Å². The van der Waals surface area contributed by atoms with Crippen LogP contribution in [0.2, 0.25) is 0 Å². The van der Waals surface area contributed by atoms with Gasteiger partial charge < -0.3 is 20.5 Å². The molecule has 1 aliphatic heterocycles. The van der Waals surface area contributed by atoms with Crippen LogP contribution in [0.1, 0.15) is 35.2 Å². The third-order valence-electron chi connectivity index (χ3n) is 4.51. The number of nitrogens with zero attached hydrogens (tertiary/aromatic N) is 4. The summed E-state index contributed by atoms with van der Waals surface area (Å²) >= 11 is 0. The number of carbonyl (C=O) groups is 1. The summed E-state index contributed by atoms with van der Waals surface area (Å²) in [7, 11) is 0. The summed E-state index contributed by atoms with van der Waals surface area (Å²) in [5.41, 5.74) is 7.50. The van der Waals surface area contributed by atoms with E-state index in [9.17, 15) is 4.79 Å². The van der Waals surface area contributed by atoms with Crippen LogP contribution >= 0.6 is 0 Å². The standard InChI is InChI=1S/C21H26N6O3/c1-23-27(11-13-30-19-4-2-3-12-29-19)10-7-16-14-18(20(22)25-15-16)21(28)26-17-5-8-24-9-6-17/h5-10,14-15,19H,1-4,11-13H2,(H2,22,25)(H,24,26,28)/b10-7+. The van der Waals surface area contributed by atoms with E-state index < -0.39 is 0 Å². The molecule has 0 saturated carbocycles.